The number of para-hydroxylation sites is 3. The maximum absolute atomic E-state index is 12.6. The summed E-state index contributed by atoms with van der Waals surface area (Å²) >= 11 is 0. The Morgan fingerprint density at radius 2 is 1.71 bits per heavy atom. The van der Waals surface area contributed by atoms with E-state index in [-0.39, 0.29) is 11.8 Å². The van der Waals surface area contributed by atoms with Crippen molar-refractivity contribution in [3.05, 3.63) is 89.7 Å². The van der Waals surface area contributed by atoms with Gasteiger partial charge in [-0.05, 0) is 55.0 Å². The molecule has 2 amide bonds. The second-order valence-electron chi connectivity index (χ2n) is 7.34. The van der Waals surface area contributed by atoms with Gasteiger partial charge in [0.25, 0.3) is 5.91 Å². The van der Waals surface area contributed by atoms with Crippen LogP contribution in [0.2, 0.25) is 0 Å². The first kappa shape index (κ1) is 20.3. The van der Waals surface area contributed by atoms with Crippen LogP contribution in [0.15, 0.2) is 72.8 Å². The number of carbonyl (C=O) groups excluding carboxylic acids is 2. The third-order valence-corrected chi connectivity index (χ3v) is 5.21. The minimum Gasteiger partial charge on any atom is -0.355 e. The fraction of sp³-hybridized carbons (Fsp3) is 0.160. The maximum Gasteiger partial charge on any atom is 0.251 e. The lowest BCUT2D eigenvalue weighted by Gasteiger charge is -2.11. The van der Waals surface area contributed by atoms with Gasteiger partial charge < -0.3 is 10.6 Å². The molecule has 4 rings (SSSR count). The van der Waals surface area contributed by atoms with E-state index in [1.54, 1.807) is 25.2 Å². The number of amides is 2. The van der Waals surface area contributed by atoms with Crippen LogP contribution in [0.3, 0.4) is 0 Å². The summed E-state index contributed by atoms with van der Waals surface area (Å²) in [6.07, 6.45) is 0.803. The normalized spacial score (nSPS) is 10.8. The molecule has 6 nitrogen and oxygen atoms in total. The molecule has 1 aromatic heterocycles. The van der Waals surface area contributed by atoms with Gasteiger partial charge in [0.05, 0.1) is 11.0 Å². The topological polar surface area (TPSA) is 76.0 Å². The van der Waals surface area contributed by atoms with Crippen molar-refractivity contribution < 1.29 is 9.59 Å². The summed E-state index contributed by atoms with van der Waals surface area (Å²) < 4.78 is 2.10. The van der Waals surface area contributed by atoms with Crippen molar-refractivity contribution in [2.75, 3.05) is 12.4 Å². The molecule has 3 aromatic carbocycles. The zero-order valence-electron chi connectivity index (χ0n) is 17.6. The van der Waals surface area contributed by atoms with Crippen molar-refractivity contribution in [3.8, 4) is 5.69 Å². The molecule has 0 atom stereocenters. The molecule has 156 valence electrons. The van der Waals surface area contributed by atoms with Crippen LogP contribution in [0.5, 0.6) is 0 Å². The highest BCUT2D eigenvalue weighted by molar-refractivity contribution is 5.96. The molecule has 1 heterocycles. The molecule has 6 heteroatoms. The number of imidazole rings is 1. The summed E-state index contributed by atoms with van der Waals surface area (Å²) in [5, 5.41) is 5.55. The first-order valence-corrected chi connectivity index (χ1v) is 10.2. The molecule has 0 bridgehead atoms. The minimum absolute atomic E-state index is 0.0949. The number of aromatic nitrogens is 2. The third kappa shape index (κ3) is 4.33. The Balaban J connectivity index is 1.52. The molecular weight excluding hydrogens is 388 g/mol. The lowest BCUT2D eigenvalue weighted by Crippen LogP contribution is -2.18. The van der Waals surface area contributed by atoms with E-state index in [1.807, 2.05) is 61.5 Å². The van der Waals surface area contributed by atoms with Crippen molar-refractivity contribution in [2.45, 2.75) is 19.8 Å². The SMILES string of the molecule is CNC(=O)c1ccc(NC(=O)CCc2nc3ccccc3n2-c2ccccc2)c(C)c1. The molecule has 0 radical (unpaired) electrons. The molecule has 0 saturated carbocycles. The predicted molar refractivity (Wildman–Crippen MR) is 123 cm³/mol. The van der Waals surface area contributed by atoms with Gasteiger partial charge in [0.1, 0.15) is 5.82 Å². The average Bonchev–Trinajstić information content (AvgIpc) is 3.17. The molecule has 0 saturated heterocycles. The summed E-state index contributed by atoms with van der Waals surface area (Å²) in [7, 11) is 1.59. The second-order valence-corrected chi connectivity index (χ2v) is 7.34. The smallest absolute Gasteiger partial charge is 0.251 e. The molecule has 31 heavy (non-hydrogen) atoms. The van der Waals surface area contributed by atoms with Crippen molar-refractivity contribution in [1.29, 1.82) is 0 Å². The van der Waals surface area contributed by atoms with Crippen LogP contribution in [0, 0.1) is 6.92 Å². The highest BCUT2D eigenvalue weighted by Gasteiger charge is 2.14. The maximum atomic E-state index is 12.6. The highest BCUT2D eigenvalue weighted by Crippen LogP contribution is 2.23. The van der Waals surface area contributed by atoms with Crippen molar-refractivity contribution in [3.63, 3.8) is 0 Å². The Labute approximate surface area is 180 Å². The van der Waals surface area contributed by atoms with Crippen LogP contribution < -0.4 is 10.6 Å². The molecule has 0 fully saturated rings. The van der Waals surface area contributed by atoms with Crippen LogP contribution in [-0.4, -0.2) is 28.4 Å². The summed E-state index contributed by atoms with van der Waals surface area (Å²) in [5.41, 5.74) is 5.05. The number of carbonyl (C=O) groups is 2. The van der Waals surface area contributed by atoms with Crippen LogP contribution in [0.25, 0.3) is 16.7 Å². The number of anilines is 1. The van der Waals surface area contributed by atoms with Gasteiger partial charge in [0, 0.05) is 36.8 Å². The number of rotatable bonds is 6. The average molecular weight is 412 g/mol. The Bertz CT molecular complexity index is 1250. The Kier molecular flexibility index (Phi) is 5.80. The van der Waals surface area contributed by atoms with E-state index in [2.05, 4.69) is 15.2 Å². The zero-order valence-corrected chi connectivity index (χ0v) is 17.6. The number of nitrogens with one attached hydrogen (secondary N) is 2. The third-order valence-electron chi connectivity index (χ3n) is 5.21. The number of hydrogen-bond donors (Lipinski definition) is 2. The van der Waals surface area contributed by atoms with E-state index in [0.29, 0.717) is 24.1 Å². The summed E-state index contributed by atoms with van der Waals surface area (Å²) in [4.78, 5) is 29.2. The van der Waals surface area contributed by atoms with E-state index in [4.69, 9.17) is 4.98 Å². The number of fused-ring (bicyclic) bond motifs is 1. The van der Waals surface area contributed by atoms with E-state index in [1.165, 1.54) is 0 Å². The Hall–Kier alpha value is -3.93. The molecular formula is C25H24N4O2. The van der Waals surface area contributed by atoms with Crippen LogP contribution in [0.1, 0.15) is 28.2 Å². The number of nitrogens with zero attached hydrogens (tertiary/aromatic N) is 2. The zero-order chi connectivity index (χ0) is 21.8. The highest BCUT2D eigenvalue weighted by atomic mass is 16.2. The monoisotopic (exact) mass is 412 g/mol. The molecule has 4 aromatic rings. The first-order chi connectivity index (χ1) is 15.1. The summed E-state index contributed by atoms with van der Waals surface area (Å²) in [6, 6.07) is 23.2. The van der Waals surface area contributed by atoms with Gasteiger partial charge in [-0.3, -0.25) is 14.2 Å². The fourth-order valence-electron chi connectivity index (χ4n) is 3.64. The largest absolute Gasteiger partial charge is 0.355 e. The quantitative estimate of drug-likeness (QED) is 0.497. The molecule has 0 unspecified atom stereocenters. The first-order valence-electron chi connectivity index (χ1n) is 10.2. The Morgan fingerprint density at radius 3 is 2.45 bits per heavy atom. The van der Waals surface area contributed by atoms with Gasteiger partial charge in [-0.15, -0.1) is 0 Å². The van der Waals surface area contributed by atoms with E-state index >= 15 is 0 Å². The van der Waals surface area contributed by atoms with E-state index in [9.17, 15) is 9.59 Å². The number of benzene rings is 3. The van der Waals surface area contributed by atoms with Gasteiger partial charge in [0.2, 0.25) is 5.91 Å². The van der Waals surface area contributed by atoms with Gasteiger partial charge in [-0.1, -0.05) is 30.3 Å². The van der Waals surface area contributed by atoms with Crippen LogP contribution in [-0.2, 0) is 11.2 Å². The number of hydrogen-bond acceptors (Lipinski definition) is 3. The van der Waals surface area contributed by atoms with Crippen LogP contribution >= 0.6 is 0 Å². The van der Waals surface area contributed by atoms with Gasteiger partial charge in [-0.25, -0.2) is 4.98 Å². The summed E-state index contributed by atoms with van der Waals surface area (Å²) in [5.74, 6) is 0.595. The standard InChI is InChI=1S/C25H24N4O2/c1-17-16-18(25(31)26-2)12-13-20(17)28-24(30)15-14-23-27-21-10-6-7-11-22(21)29(23)19-8-4-3-5-9-19/h3-13,16H,14-15H2,1-2H3,(H,26,31)(H,28,30). The molecule has 0 aliphatic rings. The fourth-order valence-corrected chi connectivity index (χ4v) is 3.64. The predicted octanol–water partition coefficient (Wildman–Crippen LogP) is 4.26. The number of aryl methyl sites for hydroxylation is 2. The molecule has 0 aliphatic heterocycles. The van der Waals surface area contributed by atoms with Crippen molar-refractivity contribution >= 4 is 28.5 Å². The Morgan fingerprint density at radius 1 is 0.968 bits per heavy atom. The van der Waals surface area contributed by atoms with E-state index < -0.39 is 0 Å². The summed E-state index contributed by atoms with van der Waals surface area (Å²) in [6.45, 7) is 1.87. The minimum atomic E-state index is -0.152. The molecule has 0 spiro atoms. The second kappa shape index (κ2) is 8.83. The van der Waals surface area contributed by atoms with Gasteiger partial charge >= 0.3 is 0 Å². The van der Waals surface area contributed by atoms with Crippen LogP contribution in [0.4, 0.5) is 5.69 Å². The van der Waals surface area contributed by atoms with Gasteiger partial charge in [0.15, 0.2) is 0 Å². The van der Waals surface area contributed by atoms with E-state index in [0.717, 1.165) is 28.1 Å². The van der Waals surface area contributed by atoms with Crippen molar-refractivity contribution in [2.24, 2.45) is 0 Å². The van der Waals surface area contributed by atoms with Gasteiger partial charge in [-0.2, -0.15) is 0 Å². The lowest BCUT2D eigenvalue weighted by molar-refractivity contribution is -0.116. The van der Waals surface area contributed by atoms with Crippen molar-refractivity contribution in [1.82, 2.24) is 14.9 Å². The molecule has 2 N–H and O–H groups in total. The molecule has 0 aliphatic carbocycles. The lowest BCUT2D eigenvalue weighted by atomic mass is 10.1.